The Morgan fingerprint density at radius 3 is 3.08 bits per heavy atom. The van der Waals surface area contributed by atoms with Crippen LogP contribution in [0.1, 0.15) is 5.56 Å². The molecule has 4 nitrogen and oxygen atoms in total. The molecule has 0 unspecified atom stereocenters. The normalized spacial score (nSPS) is 10.8. The van der Waals surface area contributed by atoms with Crippen LogP contribution in [0.5, 0.6) is 0 Å². The number of halogens is 1. The van der Waals surface area contributed by atoms with Gasteiger partial charge in [0.25, 0.3) is 0 Å². The largest absolute Gasteiger partial charge is 0.336 e. The van der Waals surface area contributed by atoms with Crippen molar-refractivity contribution in [2.45, 2.75) is 6.92 Å². The molecule has 2 aromatic rings. The number of fused-ring (bicyclic) bond motifs is 1. The number of H-pyrrole nitrogens is 1. The van der Waals surface area contributed by atoms with E-state index >= 15 is 0 Å². The predicted molar refractivity (Wildman–Crippen MR) is 54.5 cm³/mol. The number of hydrogen-bond donors (Lipinski definition) is 1. The lowest BCUT2D eigenvalue weighted by Crippen LogP contribution is -2.07. The number of nitrogens with one attached hydrogen (secondary N) is 1. The molecule has 0 aromatic carbocycles. The summed E-state index contributed by atoms with van der Waals surface area (Å²) in [5, 5.41) is 0. The minimum atomic E-state index is -0.132. The van der Waals surface area contributed by atoms with Crippen LogP contribution in [0.25, 0.3) is 11.2 Å². The zero-order chi connectivity index (χ0) is 8.72. The number of hydrogen-bond acceptors (Lipinski definition) is 2. The van der Waals surface area contributed by atoms with Crippen molar-refractivity contribution in [1.29, 1.82) is 0 Å². The van der Waals surface area contributed by atoms with Gasteiger partial charge in [-0.25, -0.2) is 12.6 Å². The van der Waals surface area contributed by atoms with Gasteiger partial charge in [0.15, 0.2) is 5.65 Å². The number of imidazole rings is 1. The van der Waals surface area contributed by atoms with Crippen molar-refractivity contribution in [1.82, 2.24) is 12.7 Å². The van der Waals surface area contributed by atoms with Gasteiger partial charge in [-0.05, 0) is 18.6 Å². The lowest BCUT2D eigenvalue weighted by atomic mass is 10.3. The Morgan fingerprint density at radius 2 is 2.42 bits per heavy atom. The van der Waals surface area contributed by atoms with E-state index in [9.17, 15) is 4.79 Å². The summed E-state index contributed by atoms with van der Waals surface area (Å²) in [6, 6.07) is 1.88. The summed E-state index contributed by atoms with van der Waals surface area (Å²) in [6.07, 6.45) is 1.68. The number of rotatable bonds is 0. The third-order valence-corrected chi connectivity index (χ3v) is 2.65. The molecule has 0 amide bonds. The zero-order valence-electron chi connectivity index (χ0n) is 6.34. The molecule has 2 heterocycles. The van der Waals surface area contributed by atoms with Crippen LogP contribution in [0.15, 0.2) is 17.1 Å². The van der Waals surface area contributed by atoms with Crippen molar-refractivity contribution in [2.75, 3.05) is 0 Å². The second kappa shape index (κ2) is 2.58. The molecule has 0 spiro atoms. The SMILES string of the molecule is Cc1ccnc2[nH]c(=O)n(I)c12. The van der Waals surface area contributed by atoms with Crippen molar-refractivity contribution < 1.29 is 0 Å². The van der Waals surface area contributed by atoms with Crippen LogP contribution in [0, 0.1) is 6.92 Å². The Bertz CT molecular complexity index is 485. The highest BCUT2D eigenvalue weighted by Crippen LogP contribution is 2.13. The summed E-state index contributed by atoms with van der Waals surface area (Å²) < 4.78 is 1.54. The molecule has 0 aliphatic heterocycles. The fourth-order valence-corrected chi connectivity index (χ4v) is 1.87. The molecule has 0 saturated heterocycles. The molecule has 0 saturated carbocycles. The van der Waals surface area contributed by atoms with Crippen molar-refractivity contribution in [3.63, 3.8) is 0 Å². The highest BCUT2D eigenvalue weighted by molar-refractivity contribution is 14.1. The Balaban J connectivity index is 3.07. The molecule has 12 heavy (non-hydrogen) atoms. The van der Waals surface area contributed by atoms with E-state index in [0.29, 0.717) is 5.65 Å². The molecule has 1 N–H and O–H groups in total. The molecular formula is C7H6IN3O. The van der Waals surface area contributed by atoms with E-state index in [1.54, 1.807) is 6.20 Å². The number of aromatic amines is 1. The Morgan fingerprint density at radius 1 is 1.67 bits per heavy atom. The zero-order valence-corrected chi connectivity index (χ0v) is 8.49. The van der Waals surface area contributed by atoms with Gasteiger partial charge in [0, 0.05) is 6.20 Å². The van der Waals surface area contributed by atoms with Gasteiger partial charge in [0.05, 0.1) is 22.9 Å². The van der Waals surface area contributed by atoms with E-state index in [1.165, 1.54) is 2.78 Å². The summed E-state index contributed by atoms with van der Waals surface area (Å²) >= 11 is 1.96. The van der Waals surface area contributed by atoms with Crippen LogP contribution in [-0.4, -0.2) is 12.7 Å². The second-order valence-corrected chi connectivity index (χ2v) is 3.50. The van der Waals surface area contributed by atoms with E-state index in [1.807, 2.05) is 35.9 Å². The lowest BCUT2D eigenvalue weighted by molar-refractivity contribution is 1.18. The van der Waals surface area contributed by atoms with Gasteiger partial charge in [-0.3, -0.25) is 4.98 Å². The molecular weight excluding hydrogens is 269 g/mol. The van der Waals surface area contributed by atoms with E-state index in [2.05, 4.69) is 9.97 Å². The minimum absolute atomic E-state index is 0.132. The number of aryl methyl sites for hydroxylation is 1. The first-order chi connectivity index (χ1) is 5.70. The standard InChI is InChI=1S/C7H6IN3O/c1-4-2-3-9-6-5(4)11(8)7(12)10-6/h2-3H,1H3,(H,9,10,12). The lowest BCUT2D eigenvalue weighted by Gasteiger charge is -1.94. The van der Waals surface area contributed by atoms with E-state index in [4.69, 9.17) is 0 Å². The number of aromatic nitrogens is 3. The smallest absolute Gasteiger partial charge is 0.289 e. The van der Waals surface area contributed by atoms with Gasteiger partial charge >= 0.3 is 5.69 Å². The maximum atomic E-state index is 11.2. The molecule has 0 radical (unpaired) electrons. The molecule has 0 atom stereocenters. The van der Waals surface area contributed by atoms with Gasteiger partial charge in [-0.1, -0.05) is 0 Å². The van der Waals surface area contributed by atoms with Gasteiger partial charge in [0.1, 0.15) is 5.52 Å². The molecule has 5 heteroatoms. The summed E-state index contributed by atoms with van der Waals surface area (Å²) in [5.74, 6) is 0. The monoisotopic (exact) mass is 275 g/mol. The van der Waals surface area contributed by atoms with Crippen LogP contribution in [-0.2, 0) is 0 Å². The molecule has 0 aliphatic rings. The van der Waals surface area contributed by atoms with Gasteiger partial charge in [-0.15, -0.1) is 0 Å². The van der Waals surface area contributed by atoms with Crippen molar-refractivity contribution >= 4 is 34.0 Å². The number of nitrogens with zero attached hydrogens (tertiary/aromatic N) is 2. The minimum Gasteiger partial charge on any atom is -0.289 e. The van der Waals surface area contributed by atoms with Crippen molar-refractivity contribution in [2.24, 2.45) is 0 Å². The number of pyridine rings is 1. The molecule has 0 aliphatic carbocycles. The van der Waals surface area contributed by atoms with Crippen LogP contribution in [0.3, 0.4) is 0 Å². The quantitative estimate of drug-likeness (QED) is 0.735. The third kappa shape index (κ3) is 0.961. The first-order valence-corrected chi connectivity index (χ1v) is 4.39. The maximum absolute atomic E-state index is 11.2. The summed E-state index contributed by atoms with van der Waals surface area (Å²) in [4.78, 5) is 17.8. The highest BCUT2D eigenvalue weighted by Gasteiger charge is 2.06. The van der Waals surface area contributed by atoms with E-state index < -0.39 is 0 Å². The topological polar surface area (TPSA) is 50.7 Å². The van der Waals surface area contributed by atoms with Gasteiger partial charge < -0.3 is 0 Å². The average molecular weight is 275 g/mol. The fourth-order valence-electron chi connectivity index (χ4n) is 1.14. The second-order valence-electron chi connectivity index (χ2n) is 2.54. The van der Waals surface area contributed by atoms with Crippen LogP contribution in [0.2, 0.25) is 0 Å². The fraction of sp³-hybridized carbons (Fsp3) is 0.143. The van der Waals surface area contributed by atoms with E-state index in [-0.39, 0.29) is 5.69 Å². The van der Waals surface area contributed by atoms with E-state index in [0.717, 1.165) is 11.1 Å². The van der Waals surface area contributed by atoms with Crippen LogP contribution < -0.4 is 5.69 Å². The summed E-state index contributed by atoms with van der Waals surface area (Å²) in [5.41, 5.74) is 2.43. The molecule has 62 valence electrons. The maximum Gasteiger partial charge on any atom is 0.336 e. The van der Waals surface area contributed by atoms with Gasteiger partial charge in [0.2, 0.25) is 0 Å². The Hall–Kier alpha value is -0.850. The summed E-state index contributed by atoms with van der Waals surface area (Å²) in [7, 11) is 0. The third-order valence-electron chi connectivity index (χ3n) is 1.73. The average Bonchev–Trinajstić information content (AvgIpc) is 2.29. The Labute approximate surface area is 82.1 Å². The van der Waals surface area contributed by atoms with Crippen LogP contribution in [0.4, 0.5) is 0 Å². The molecule has 2 rings (SSSR count). The molecule has 0 bridgehead atoms. The van der Waals surface area contributed by atoms with Crippen LogP contribution >= 0.6 is 22.9 Å². The molecule has 0 fully saturated rings. The first kappa shape index (κ1) is 7.78. The van der Waals surface area contributed by atoms with Crippen molar-refractivity contribution in [3.05, 3.63) is 28.3 Å². The first-order valence-electron chi connectivity index (χ1n) is 3.42. The molecule has 2 aromatic heterocycles. The summed E-state index contributed by atoms with van der Waals surface area (Å²) in [6.45, 7) is 1.95. The Kier molecular flexibility index (Phi) is 1.67. The predicted octanol–water partition coefficient (Wildman–Crippen LogP) is 1.23. The van der Waals surface area contributed by atoms with Crippen molar-refractivity contribution in [3.8, 4) is 0 Å². The van der Waals surface area contributed by atoms with Gasteiger partial charge in [-0.2, -0.15) is 0 Å². The highest BCUT2D eigenvalue weighted by atomic mass is 127.